The van der Waals surface area contributed by atoms with E-state index in [0.717, 1.165) is 16.1 Å². The molecule has 0 aliphatic heterocycles. The lowest BCUT2D eigenvalue weighted by atomic mass is 10.1. The van der Waals surface area contributed by atoms with Gasteiger partial charge in [-0.05, 0) is 42.0 Å². The number of nitrogens with one attached hydrogen (secondary N) is 1. The molecule has 1 N–H and O–H groups in total. The fourth-order valence-electron chi connectivity index (χ4n) is 3.15. The Morgan fingerprint density at radius 3 is 2.25 bits per heavy atom. The van der Waals surface area contributed by atoms with Crippen LogP contribution in [0.1, 0.15) is 15.9 Å². The first-order valence-corrected chi connectivity index (χ1v) is 10.8. The lowest BCUT2D eigenvalue weighted by molar-refractivity contribution is 0.102. The standard InChI is InChI=1S/C25H22N2O4S/c1-29-21-14-19(15-22(30-2)23(21)31-16-17-6-4-3-5-7-17)24(28)27-20-10-8-18(9-11-20)25-26-12-13-32-25/h3-15H,16H2,1-2H3,(H,27,28). The van der Waals surface area contributed by atoms with Crippen LogP contribution in [0.15, 0.2) is 78.3 Å². The van der Waals surface area contributed by atoms with Crippen molar-refractivity contribution in [3.8, 4) is 27.8 Å². The Morgan fingerprint density at radius 2 is 1.66 bits per heavy atom. The molecule has 7 heteroatoms. The second-order valence-electron chi connectivity index (χ2n) is 6.85. The maximum atomic E-state index is 12.9. The van der Waals surface area contributed by atoms with Crippen molar-refractivity contribution < 1.29 is 19.0 Å². The van der Waals surface area contributed by atoms with Crippen LogP contribution >= 0.6 is 11.3 Å². The highest BCUT2D eigenvalue weighted by molar-refractivity contribution is 7.13. The summed E-state index contributed by atoms with van der Waals surface area (Å²) in [5.41, 5.74) is 3.09. The van der Waals surface area contributed by atoms with E-state index in [4.69, 9.17) is 14.2 Å². The van der Waals surface area contributed by atoms with Crippen LogP contribution in [0.5, 0.6) is 17.2 Å². The number of ether oxygens (including phenoxy) is 3. The number of aromatic nitrogens is 1. The number of hydrogen-bond acceptors (Lipinski definition) is 6. The molecule has 0 aliphatic carbocycles. The van der Waals surface area contributed by atoms with E-state index >= 15 is 0 Å². The van der Waals surface area contributed by atoms with Crippen LogP contribution in [0, 0.1) is 0 Å². The van der Waals surface area contributed by atoms with Gasteiger partial charge in [0, 0.05) is 28.4 Å². The van der Waals surface area contributed by atoms with E-state index in [1.165, 1.54) is 14.2 Å². The average molecular weight is 447 g/mol. The molecule has 162 valence electrons. The smallest absolute Gasteiger partial charge is 0.255 e. The Hall–Kier alpha value is -3.84. The van der Waals surface area contributed by atoms with Crippen LogP contribution < -0.4 is 19.5 Å². The number of hydrogen-bond donors (Lipinski definition) is 1. The molecule has 1 heterocycles. The first kappa shape index (κ1) is 21.4. The van der Waals surface area contributed by atoms with Crippen molar-refractivity contribution in [1.82, 2.24) is 4.98 Å². The number of rotatable bonds is 8. The van der Waals surface area contributed by atoms with Crippen LogP contribution in [0.4, 0.5) is 5.69 Å². The van der Waals surface area contributed by atoms with Gasteiger partial charge in [0.15, 0.2) is 11.5 Å². The molecule has 4 rings (SSSR count). The lowest BCUT2D eigenvalue weighted by Crippen LogP contribution is -2.12. The Balaban J connectivity index is 1.51. The van der Waals surface area contributed by atoms with Crippen molar-refractivity contribution in [2.75, 3.05) is 19.5 Å². The zero-order valence-corrected chi connectivity index (χ0v) is 18.5. The van der Waals surface area contributed by atoms with Crippen molar-refractivity contribution in [3.05, 3.63) is 89.4 Å². The maximum absolute atomic E-state index is 12.9. The van der Waals surface area contributed by atoms with Gasteiger partial charge in [-0.1, -0.05) is 30.3 Å². The molecule has 0 atom stereocenters. The molecule has 4 aromatic rings. The molecule has 0 radical (unpaired) electrons. The van der Waals surface area contributed by atoms with Gasteiger partial charge in [-0.2, -0.15) is 0 Å². The highest BCUT2D eigenvalue weighted by Crippen LogP contribution is 2.39. The fourth-order valence-corrected chi connectivity index (χ4v) is 3.79. The van der Waals surface area contributed by atoms with E-state index in [1.807, 2.05) is 60.0 Å². The van der Waals surface area contributed by atoms with E-state index in [-0.39, 0.29) is 5.91 Å². The second kappa shape index (κ2) is 9.98. The zero-order chi connectivity index (χ0) is 22.3. The molecule has 3 aromatic carbocycles. The number of methoxy groups -OCH3 is 2. The van der Waals surface area contributed by atoms with Gasteiger partial charge in [0.05, 0.1) is 14.2 Å². The van der Waals surface area contributed by atoms with Crippen molar-refractivity contribution in [2.24, 2.45) is 0 Å². The van der Waals surface area contributed by atoms with Crippen molar-refractivity contribution in [2.45, 2.75) is 6.61 Å². The minimum atomic E-state index is -0.279. The summed E-state index contributed by atoms with van der Waals surface area (Å²) in [7, 11) is 3.06. The van der Waals surface area contributed by atoms with E-state index in [9.17, 15) is 4.79 Å². The third-order valence-electron chi connectivity index (χ3n) is 4.77. The quantitative estimate of drug-likeness (QED) is 0.378. The highest BCUT2D eigenvalue weighted by atomic mass is 32.1. The molecule has 0 fully saturated rings. The summed E-state index contributed by atoms with van der Waals surface area (Å²) in [6.07, 6.45) is 1.77. The summed E-state index contributed by atoms with van der Waals surface area (Å²) in [6.45, 7) is 0.352. The van der Waals surface area contributed by atoms with E-state index < -0.39 is 0 Å². The molecule has 0 saturated carbocycles. The van der Waals surface area contributed by atoms with Gasteiger partial charge in [0.1, 0.15) is 11.6 Å². The van der Waals surface area contributed by atoms with Gasteiger partial charge in [0.25, 0.3) is 5.91 Å². The van der Waals surface area contributed by atoms with Crippen molar-refractivity contribution in [3.63, 3.8) is 0 Å². The number of carbonyl (C=O) groups is 1. The van der Waals surface area contributed by atoms with Crippen LogP contribution in [0.3, 0.4) is 0 Å². The van der Waals surface area contributed by atoms with Gasteiger partial charge in [-0.25, -0.2) is 4.98 Å². The Kier molecular flexibility index (Phi) is 6.67. The minimum Gasteiger partial charge on any atom is -0.493 e. The van der Waals surface area contributed by atoms with Crippen LogP contribution in [-0.2, 0) is 6.61 Å². The highest BCUT2D eigenvalue weighted by Gasteiger charge is 2.18. The Morgan fingerprint density at radius 1 is 0.969 bits per heavy atom. The summed E-state index contributed by atoms with van der Waals surface area (Å²) in [5, 5.41) is 5.77. The molecule has 0 unspecified atom stereocenters. The largest absolute Gasteiger partial charge is 0.493 e. The van der Waals surface area contributed by atoms with Gasteiger partial charge < -0.3 is 19.5 Å². The van der Waals surface area contributed by atoms with Crippen LogP contribution in [0.2, 0.25) is 0 Å². The number of thiazole rings is 1. The van der Waals surface area contributed by atoms with Gasteiger partial charge in [-0.3, -0.25) is 4.79 Å². The SMILES string of the molecule is COc1cc(C(=O)Nc2ccc(-c3nccs3)cc2)cc(OC)c1OCc1ccccc1. The molecule has 1 aromatic heterocycles. The molecule has 0 aliphatic rings. The van der Waals surface area contributed by atoms with Gasteiger partial charge in [-0.15, -0.1) is 11.3 Å². The minimum absolute atomic E-state index is 0.279. The van der Waals surface area contributed by atoms with Crippen LogP contribution in [0.25, 0.3) is 10.6 Å². The summed E-state index contributed by atoms with van der Waals surface area (Å²) in [4.78, 5) is 17.2. The van der Waals surface area contributed by atoms with E-state index in [1.54, 1.807) is 29.7 Å². The monoisotopic (exact) mass is 446 g/mol. The topological polar surface area (TPSA) is 69.7 Å². The number of benzene rings is 3. The predicted octanol–water partition coefficient (Wildman–Crippen LogP) is 5.66. The average Bonchev–Trinajstić information content (AvgIpc) is 3.38. The number of amides is 1. The first-order valence-electron chi connectivity index (χ1n) is 9.92. The van der Waals surface area contributed by atoms with Gasteiger partial charge >= 0.3 is 0 Å². The lowest BCUT2D eigenvalue weighted by Gasteiger charge is -2.16. The molecular formula is C25H22N2O4S. The summed E-state index contributed by atoms with van der Waals surface area (Å²) in [6, 6.07) is 20.6. The molecule has 1 amide bonds. The molecule has 0 saturated heterocycles. The Bertz CT molecular complexity index is 1150. The van der Waals surface area contributed by atoms with Crippen molar-refractivity contribution >= 4 is 22.9 Å². The number of anilines is 1. The zero-order valence-electron chi connectivity index (χ0n) is 17.7. The third-order valence-corrected chi connectivity index (χ3v) is 5.59. The van der Waals surface area contributed by atoms with E-state index in [0.29, 0.717) is 35.1 Å². The van der Waals surface area contributed by atoms with Gasteiger partial charge in [0.2, 0.25) is 5.75 Å². The first-order chi connectivity index (χ1) is 15.7. The predicted molar refractivity (Wildman–Crippen MR) is 126 cm³/mol. The summed E-state index contributed by atoms with van der Waals surface area (Å²) >= 11 is 1.57. The maximum Gasteiger partial charge on any atom is 0.255 e. The van der Waals surface area contributed by atoms with E-state index in [2.05, 4.69) is 10.3 Å². The normalized spacial score (nSPS) is 10.4. The van der Waals surface area contributed by atoms with Crippen LogP contribution in [-0.4, -0.2) is 25.1 Å². The number of nitrogens with zero attached hydrogens (tertiary/aromatic N) is 1. The fraction of sp³-hybridized carbons (Fsp3) is 0.120. The molecule has 32 heavy (non-hydrogen) atoms. The second-order valence-corrected chi connectivity index (χ2v) is 7.75. The molecule has 0 spiro atoms. The molecule has 6 nitrogen and oxygen atoms in total. The number of carbonyl (C=O) groups excluding carboxylic acids is 1. The third kappa shape index (κ3) is 4.90. The molecular weight excluding hydrogens is 424 g/mol. The van der Waals surface area contributed by atoms with Crippen molar-refractivity contribution in [1.29, 1.82) is 0 Å². The summed E-state index contributed by atoms with van der Waals surface area (Å²) in [5.74, 6) is 1.01. The molecule has 0 bridgehead atoms. The Labute approximate surface area is 190 Å². The summed E-state index contributed by atoms with van der Waals surface area (Å²) < 4.78 is 16.9.